The Labute approximate surface area is 223 Å². The molecule has 0 aliphatic heterocycles. The predicted molar refractivity (Wildman–Crippen MR) is 141 cm³/mol. The first-order valence-electron chi connectivity index (χ1n) is 12.3. The van der Waals surface area contributed by atoms with Gasteiger partial charge in [0.05, 0.1) is 5.75 Å². The highest BCUT2D eigenvalue weighted by atomic mass is 32.2. The maximum Gasteiger partial charge on any atom is 0.421 e. The molecule has 1 fully saturated rings. The van der Waals surface area contributed by atoms with Gasteiger partial charge in [-0.1, -0.05) is 25.0 Å². The van der Waals surface area contributed by atoms with Crippen molar-refractivity contribution >= 4 is 39.2 Å². The normalized spacial score (nSPS) is 14.2. The van der Waals surface area contributed by atoms with Crippen LogP contribution in [-0.2, 0) is 22.7 Å². The standard InChI is InChI=1S/C25H28F3N7O3S/c1-2-39(37,38)35-21-17(8-6-12-29-21)14-30-22-20(25(26,27)28)15-31-24(34-22)33-19-11-5-7-16(13-19)23(36)32-18-9-3-4-10-18/h5-8,11-13,15,18H,2-4,9-10,14H2,1H3,(H,29,35)(H,32,36)(H2,30,31,33,34). The van der Waals surface area contributed by atoms with Crippen molar-refractivity contribution in [3.8, 4) is 0 Å². The average Bonchev–Trinajstić information content (AvgIpc) is 3.41. The summed E-state index contributed by atoms with van der Waals surface area (Å²) in [5, 5.41) is 8.47. The number of pyridine rings is 1. The summed E-state index contributed by atoms with van der Waals surface area (Å²) in [5.41, 5.74) is 0.0353. The summed E-state index contributed by atoms with van der Waals surface area (Å²) >= 11 is 0. The Balaban J connectivity index is 1.53. The zero-order valence-corrected chi connectivity index (χ0v) is 21.9. The van der Waals surface area contributed by atoms with Gasteiger partial charge in [0, 0.05) is 41.8 Å². The van der Waals surface area contributed by atoms with Gasteiger partial charge in [-0.2, -0.15) is 18.2 Å². The van der Waals surface area contributed by atoms with Crippen molar-refractivity contribution in [1.82, 2.24) is 20.3 Å². The predicted octanol–water partition coefficient (Wildman–Crippen LogP) is 4.68. The van der Waals surface area contributed by atoms with Gasteiger partial charge in [-0.3, -0.25) is 9.52 Å². The summed E-state index contributed by atoms with van der Waals surface area (Å²) in [6, 6.07) is 9.71. The van der Waals surface area contributed by atoms with Gasteiger partial charge in [-0.05, 0) is 44.0 Å². The molecule has 2 aromatic heterocycles. The van der Waals surface area contributed by atoms with Gasteiger partial charge in [0.2, 0.25) is 16.0 Å². The molecule has 10 nitrogen and oxygen atoms in total. The van der Waals surface area contributed by atoms with Crippen LogP contribution < -0.4 is 20.7 Å². The number of alkyl halides is 3. The zero-order valence-electron chi connectivity index (χ0n) is 21.0. The maximum absolute atomic E-state index is 13.7. The van der Waals surface area contributed by atoms with Crippen LogP contribution in [0.25, 0.3) is 0 Å². The van der Waals surface area contributed by atoms with E-state index in [0.29, 0.717) is 23.0 Å². The number of nitrogens with zero attached hydrogens (tertiary/aromatic N) is 3. The molecule has 1 aromatic carbocycles. The number of carbonyl (C=O) groups excluding carboxylic acids is 1. The Bertz CT molecular complexity index is 1430. The number of amides is 1. The van der Waals surface area contributed by atoms with E-state index in [2.05, 4.69) is 35.6 Å². The molecule has 1 aliphatic carbocycles. The van der Waals surface area contributed by atoms with E-state index >= 15 is 0 Å². The molecular formula is C25H28F3N7O3S. The molecule has 3 aromatic rings. The molecule has 4 rings (SSSR count). The second-order valence-electron chi connectivity index (χ2n) is 8.98. The van der Waals surface area contributed by atoms with Gasteiger partial charge in [-0.25, -0.2) is 18.4 Å². The molecule has 4 N–H and O–H groups in total. The number of rotatable bonds is 10. The third kappa shape index (κ3) is 7.56. The summed E-state index contributed by atoms with van der Waals surface area (Å²) in [6.45, 7) is 1.25. The van der Waals surface area contributed by atoms with E-state index in [9.17, 15) is 26.4 Å². The lowest BCUT2D eigenvalue weighted by molar-refractivity contribution is -0.137. The lowest BCUT2D eigenvalue weighted by Crippen LogP contribution is -2.32. The van der Waals surface area contributed by atoms with Crippen molar-refractivity contribution in [1.29, 1.82) is 0 Å². The van der Waals surface area contributed by atoms with Crippen molar-refractivity contribution in [2.24, 2.45) is 0 Å². The number of nitrogens with one attached hydrogen (secondary N) is 4. The van der Waals surface area contributed by atoms with Crippen molar-refractivity contribution in [3.63, 3.8) is 0 Å². The Morgan fingerprint density at radius 2 is 1.85 bits per heavy atom. The molecule has 1 saturated carbocycles. The van der Waals surface area contributed by atoms with Crippen LogP contribution in [0, 0.1) is 0 Å². The van der Waals surface area contributed by atoms with E-state index in [1.807, 2.05) is 0 Å². The van der Waals surface area contributed by atoms with Crippen LogP contribution in [0.3, 0.4) is 0 Å². The third-order valence-corrected chi connectivity index (χ3v) is 7.40. The van der Waals surface area contributed by atoms with Crippen LogP contribution in [0.1, 0.15) is 54.1 Å². The number of hydrogen-bond acceptors (Lipinski definition) is 8. The molecule has 39 heavy (non-hydrogen) atoms. The van der Waals surface area contributed by atoms with Crippen molar-refractivity contribution < 1.29 is 26.4 Å². The second-order valence-corrected chi connectivity index (χ2v) is 11.0. The molecule has 2 heterocycles. The fourth-order valence-electron chi connectivity index (χ4n) is 4.06. The van der Waals surface area contributed by atoms with E-state index in [-0.39, 0.29) is 36.0 Å². The van der Waals surface area contributed by atoms with Crippen LogP contribution in [-0.4, -0.2) is 41.1 Å². The molecule has 0 radical (unpaired) electrons. The maximum atomic E-state index is 13.7. The van der Waals surface area contributed by atoms with Gasteiger partial charge in [0.1, 0.15) is 17.2 Å². The van der Waals surface area contributed by atoms with Gasteiger partial charge >= 0.3 is 6.18 Å². The monoisotopic (exact) mass is 563 g/mol. The SMILES string of the molecule is CCS(=O)(=O)Nc1ncccc1CNc1nc(Nc2cccc(C(=O)NC3CCCC3)c2)ncc1C(F)(F)F. The molecule has 1 aliphatic rings. The molecule has 14 heteroatoms. The van der Waals surface area contributed by atoms with E-state index < -0.39 is 27.6 Å². The highest BCUT2D eigenvalue weighted by Gasteiger charge is 2.35. The summed E-state index contributed by atoms with van der Waals surface area (Å²) in [7, 11) is -3.65. The topological polar surface area (TPSA) is 138 Å². The highest BCUT2D eigenvalue weighted by Crippen LogP contribution is 2.34. The van der Waals surface area contributed by atoms with Gasteiger partial charge in [0.15, 0.2) is 0 Å². The fourth-order valence-corrected chi connectivity index (χ4v) is 4.68. The molecule has 0 bridgehead atoms. The number of hydrogen-bond donors (Lipinski definition) is 4. The Morgan fingerprint density at radius 1 is 1.08 bits per heavy atom. The molecular weight excluding hydrogens is 535 g/mol. The van der Waals surface area contributed by atoms with E-state index in [0.717, 1.165) is 25.7 Å². The lowest BCUT2D eigenvalue weighted by Gasteiger charge is -2.16. The number of benzene rings is 1. The minimum atomic E-state index is -4.75. The minimum Gasteiger partial charge on any atom is -0.365 e. The Kier molecular flexibility index (Phi) is 8.53. The minimum absolute atomic E-state index is 0.000471. The van der Waals surface area contributed by atoms with Crippen molar-refractivity contribution in [2.45, 2.75) is 51.4 Å². The first-order valence-corrected chi connectivity index (χ1v) is 14.0. The number of aromatic nitrogens is 3. The molecule has 0 saturated heterocycles. The molecule has 0 unspecified atom stereocenters. The molecule has 1 amide bonds. The Hall–Kier alpha value is -3.94. The molecule has 0 atom stereocenters. The number of halogens is 3. The van der Waals surface area contributed by atoms with Gasteiger partial charge < -0.3 is 16.0 Å². The van der Waals surface area contributed by atoms with E-state index in [1.165, 1.54) is 25.3 Å². The van der Waals surface area contributed by atoms with E-state index in [4.69, 9.17) is 0 Å². The summed E-state index contributed by atoms with van der Waals surface area (Å²) in [5.74, 6) is -1.06. The molecule has 208 valence electrons. The summed E-state index contributed by atoms with van der Waals surface area (Å²) in [6.07, 6.45) is 1.29. The van der Waals surface area contributed by atoms with Gasteiger partial charge in [0.25, 0.3) is 5.91 Å². The number of anilines is 4. The average molecular weight is 564 g/mol. The number of carbonyl (C=O) groups is 1. The highest BCUT2D eigenvalue weighted by molar-refractivity contribution is 7.92. The first kappa shape index (κ1) is 28.1. The smallest absolute Gasteiger partial charge is 0.365 e. The van der Waals surface area contributed by atoms with Crippen molar-refractivity contribution in [2.75, 3.05) is 21.1 Å². The van der Waals surface area contributed by atoms with Crippen LogP contribution in [0.2, 0.25) is 0 Å². The van der Waals surface area contributed by atoms with Crippen molar-refractivity contribution in [3.05, 3.63) is 65.5 Å². The Morgan fingerprint density at radius 3 is 2.56 bits per heavy atom. The summed E-state index contributed by atoms with van der Waals surface area (Å²) in [4.78, 5) is 24.4. The van der Waals surface area contributed by atoms with Crippen LogP contribution in [0.4, 0.5) is 36.4 Å². The number of sulfonamides is 1. The third-order valence-electron chi connectivity index (χ3n) is 6.14. The van der Waals surface area contributed by atoms with Gasteiger partial charge in [-0.15, -0.1) is 0 Å². The lowest BCUT2D eigenvalue weighted by atomic mass is 10.1. The summed E-state index contributed by atoms with van der Waals surface area (Å²) < 4.78 is 67.4. The van der Waals surface area contributed by atoms with Crippen LogP contribution in [0.15, 0.2) is 48.8 Å². The fraction of sp³-hybridized carbons (Fsp3) is 0.360. The largest absolute Gasteiger partial charge is 0.421 e. The first-order chi connectivity index (χ1) is 18.5. The van der Waals surface area contributed by atoms with E-state index in [1.54, 1.807) is 24.3 Å². The second kappa shape index (κ2) is 11.8. The quantitative estimate of drug-likeness (QED) is 0.279. The molecule has 0 spiro atoms. The van der Waals surface area contributed by atoms with Crippen LogP contribution >= 0.6 is 0 Å². The van der Waals surface area contributed by atoms with Crippen LogP contribution in [0.5, 0.6) is 0 Å². The zero-order chi connectivity index (χ0) is 28.0.